The van der Waals surface area contributed by atoms with E-state index in [-0.39, 0.29) is 4.90 Å². The highest BCUT2D eigenvalue weighted by atomic mass is 32.2. The highest BCUT2D eigenvalue weighted by Crippen LogP contribution is 2.15. The molecule has 0 saturated carbocycles. The Bertz CT molecular complexity index is 781. The number of ether oxygens (including phenoxy) is 1. The molecular formula is C14H13NO5S2. The Morgan fingerprint density at radius 2 is 2.05 bits per heavy atom. The summed E-state index contributed by atoms with van der Waals surface area (Å²) in [5.74, 6) is -1.13. The first kappa shape index (κ1) is 16.2. The van der Waals surface area contributed by atoms with Gasteiger partial charge in [-0.3, -0.25) is 4.79 Å². The van der Waals surface area contributed by atoms with Crippen molar-refractivity contribution in [2.45, 2.75) is 4.90 Å². The maximum absolute atomic E-state index is 11.7. The lowest BCUT2D eigenvalue weighted by Crippen LogP contribution is -2.20. The number of benzene rings is 1. The largest absolute Gasteiger partial charge is 0.452 e. The number of anilines is 1. The molecule has 0 radical (unpaired) electrons. The third-order valence-electron chi connectivity index (χ3n) is 2.64. The lowest BCUT2D eigenvalue weighted by Gasteiger charge is -2.07. The number of hydrogen-bond acceptors (Lipinski definition) is 6. The Hall–Kier alpha value is -2.19. The van der Waals surface area contributed by atoms with Gasteiger partial charge in [0, 0.05) is 17.3 Å². The molecule has 0 saturated heterocycles. The lowest BCUT2D eigenvalue weighted by molar-refractivity contribution is -0.119. The summed E-state index contributed by atoms with van der Waals surface area (Å²) < 4.78 is 27.7. The van der Waals surface area contributed by atoms with E-state index in [9.17, 15) is 18.0 Å². The van der Waals surface area contributed by atoms with Crippen LogP contribution in [0.15, 0.2) is 46.0 Å². The second-order valence-electron chi connectivity index (χ2n) is 4.44. The molecule has 6 nitrogen and oxygen atoms in total. The summed E-state index contributed by atoms with van der Waals surface area (Å²) in [5.41, 5.74) is 0.705. The normalized spacial score (nSPS) is 11.0. The molecule has 2 aromatic rings. The summed E-state index contributed by atoms with van der Waals surface area (Å²) in [6.45, 7) is -0.447. The van der Waals surface area contributed by atoms with E-state index in [2.05, 4.69) is 5.32 Å². The molecule has 0 aliphatic carbocycles. The summed E-state index contributed by atoms with van der Waals surface area (Å²) in [6.07, 6.45) is 1.08. The van der Waals surface area contributed by atoms with Crippen LogP contribution < -0.4 is 5.32 Å². The van der Waals surface area contributed by atoms with Gasteiger partial charge in [0.15, 0.2) is 16.4 Å². The van der Waals surface area contributed by atoms with Crippen LogP contribution in [0.25, 0.3) is 0 Å². The summed E-state index contributed by atoms with van der Waals surface area (Å²) in [6, 6.07) is 7.44. The fraction of sp³-hybridized carbons (Fsp3) is 0.143. The highest BCUT2D eigenvalue weighted by Gasteiger charge is 2.12. The molecule has 8 heteroatoms. The zero-order valence-electron chi connectivity index (χ0n) is 11.6. The van der Waals surface area contributed by atoms with E-state index in [4.69, 9.17) is 4.74 Å². The van der Waals surface area contributed by atoms with Crippen molar-refractivity contribution in [2.24, 2.45) is 0 Å². The van der Waals surface area contributed by atoms with Gasteiger partial charge < -0.3 is 10.1 Å². The fourth-order valence-corrected chi connectivity index (χ4v) is 2.89. The van der Waals surface area contributed by atoms with Gasteiger partial charge in [-0.25, -0.2) is 13.2 Å². The average Bonchev–Trinajstić information content (AvgIpc) is 2.98. The first-order valence-electron chi connectivity index (χ1n) is 6.15. The molecule has 2 rings (SSSR count). The quantitative estimate of drug-likeness (QED) is 0.841. The van der Waals surface area contributed by atoms with Crippen molar-refractivity contribution in [3.63, 3.8) is 0 Å². The Morgan fingerprint density at radius 3 is 2.68 bits per heavy atom. The number of sulfone groups is 1. The monoisotopic (exact) mass is 339 g/mol. The van der Waals surface area contributed by atoms with E-state index in [1.807, 2.05) is 0 Å². The number of thiophene rings is 1. The minimum absolute atomic E-state index is 0.0977. The van der Waals surface area contributed by atoms with Crippen LogP contribution in [0.5, 0.6) is 0 Å². The zero-order chi connectivity index (χ0) is 16.2. The molecule has 1 aromatic heterocycles. The van der Waals surface area contributed by atoms with Crippen molar-refractivity contribution < 1.29 is 22.7 Å². The molecule has 0 unspecified atom stereocenters. The van der Waals surface area contributed by atoms with Crippen molar-refractivity contribution in [2.75, 3.05) is 18.2 Å². The van der Waals surface area contributed by atoms with Crippen LogP contribution in [0.3, 0.4) is 0 Å². The van der Waals surface area contributed by atoms with E-state index in [0.717, 1.165) is 6.26 Å². The van der Waals surface area contributed by atoms with Gasteiger partial charge >= 0.3 is 5.97 Å². The van der Waals surface area contributed by atoms with Gasteiger partial charge in [-0.1, -0.05) is 6.07 Å². The van der Waals surface area contributed by atoms with Crippen LogP contribution in [-0.2, 0) is 19.4 Å². The highest BCUT2D eigenvalue weighted by molar-refractivity contribution is 7.90. The fourth-order valence-electron chi connectivity index (χ4n) is 1.60. The number of amides is 1. The first-order valence-corrected chi connectivity index (χ1v) is 8.99. The number of carbonyl (C=O) groups excluding carboxylic acids is 2. The number of rotatable bonds is 5. The van der Waals surface area contributed by atoms with E-state index < -0.39 is 28.3 Å². The molecular weight excluding hydrogens is 326 g/mol. The number of hydrogen-bond donors (Lipinski definition) is 1. The van der Waals surface area contributed by atoms with Gasteiger partial charge in [-0.15, -0.1) is 0 Å². The van der Waals surface area contributed by atoms with Gasteiger partial charge in [-0.05, 0) is 29.6 Å². The molecule has 1 heterocycles. The molecule has 0 fully saturated rings. The third-order valence-corrected chi connectivity index (χ3v) is 4.43. The second-order valence-corrected chi connectivity index (χ2v) is 7.23. The number of carbonyl (C=O) groups is 2. The molecule has 0 bridgehead atoms. The predicted octanol–water partition coefficient (Wildman–Crippen LogP) is 1.95. The topological polar surface area (TPSA) is 89.5 Å². The van der Waals surface area contributed by atoms with Crippen molar-refractivity contribution in [3.8, 4) is 0 Å². The molecule has 22 heavy (non-hydrogen) atoms. The minimum atomic E-state index is -3.35. The molecule has 116 valence electrons. The zero-order valence-corrected chi connectivity index (χ0v) is 13.2. The molecule has 0 atom stereocenters. The minimum Gasteiger partial charge on any atom is -0.452 e. The standard InChI is InChI=1S/C14H13NO5S2/c1-22(18,19)12-4-2-3-11(7-12)15-13(16)8-20-14(17)10-5-6-21-9-10/h2-7,9H,8H2,1H3,(H,15,16). The van der Waals surface area contributed by atoms with Crippen LogP contribution in [0.4, 0.5) is 5.69 Å². The molecule has 1 N–H and O–H groups in total. The summed E-state index contributed by atoms with van der Waals surface area (Å²) in [5, 5.41) is 5.83. The van der Waals surface area contributed by atoms with E-state index in [0.29, 0.717) is 11.3 Å². The molecule has 1 amide bonds. The Kier molecular flexibility index (Phi) is 4.94. The Morgan fingerprint density at radius 1 is 1.27 bits per heavy atom. The van der Waals surface area contributed by atoms with E-state index in [1.165, 1.54) is 29.5 Å². The molecule has 1 aromatic carbocycles. The Labute approximate surface area is 131 Å². The van der Waals surface area contributed by atoms with Crippen LogP contribution in [0.1, 0.15) is 10.4 Å². The smallest absolute Gasteiger partial charge is 0.339 e. The van der Waals surface area contributed by atoms with Crippen molar-refractivity contribution in [1.29, 1.82) is 0 Å². The number of nitrogens with one attached hydrogen (secondary N) is 1. The lowest BCUT2D eigenvalue weighted by atomic mass is 10.3. The predicted molar refractivity (Wildman–Crippen MR) is 82.8 cm³/mol. The van der Waals surface area contributed by atoms with Crippen LogP contribution in [-0.4, -0.2) is 33.2 Å². The van der Waals surface area contributed by atoms with Crippen LogP contribution >= 0.6 is 11.3 Å². The van der Waals surface area contributed by atoms with Crippen molar-refractivity contribution in [1.82, 2.24) is 0 Å². The van der Waals surface area contributed by atoms with Gasteiger partial charge in [-0.2, -0.15) is 11.3 Å². The SMILES string of the molecule is CS(=O)(=O)c1cccc(NC(=O)COC(=O)c2ccsc2)c1. The summed E-state index contributed by atoms with van der Waals surface area (Å²) in [7, 11) is -3.35. The number of esters is 1. The van der Waals surface area contributed by atoms with Crippen LogP contribution in [0, 0.1) is 0 Å². The summed E-state index contributed by atoms with van der Waals surface area (Å²) >= 11 is 1.35. The Balaban J connectivity index is 1.94. The second kappa shape index (κ2) is 6.71. The molecule has 0 aliphatic heterocycles. The summed E-state index contributed by atoms with van der Waals surface area (Å²) in [4.78, 5) is 23.4. The van der Waals surface area contributed by atoms with Crippen LogP contribution in [0.2, 0.25) is 0 Å². The van der Waals surface area contributed by atoms with Crippen molar-refractivity contribution >= 4 is 38.7 Å². The first-order chi connectivity index (χ1) is 10.4. The maximum Gasteiger partial charge on any atom is 0.339 e. The van der Waals surface area contributed by atoms with Gasteiger partial charge in [0.05, 0.1) is 10.5 Å². The van der Waals surface area contributed by atoms with Gasteiger partial charge in [0.1, 0.15) is 0 Å². The maximum atomic E-state index is 11.7. The van der Waals surface area contributed by atoms with Gasteiger partial charge in [0.2, 0.25) is 0 Å². The average molecular weight is 339 g/mol. The molecule has 0 spiro atoms. The molecule has 0 aliphatic rings. The van der Waals surface area contributed by atoms with Crippen molar-refractivity contribution in [3.05, 3.63) is 46.7 Å². The van der Waals surface area contributed by atoms with E-state index >= 15 is 0 Å². The third kappa shape index (κ3) is 4.40. The van der Waals surface area contributed by atoms with E-state index in [1.54, 1.807) is 22.9 Å². The van der Waals surface area contributed by atoms with Gasteiger partial charge in [0.25, 0.3) is 5.91 Å².